The number of carbonyl (C=O) groups excluding carboxylic acids is 2. The van der Waals surface area contributed by atoms with Crippen molar-refractivity contribution in [1.82, 2.24) is 5.32 Å². The summed E-state index contributed by atoms with van der Waals surface area (Å²) in [6.45, 7) is 3.89. The zero-order chi connectivity index (χ0) is 22.2. The molecule has 2 aromatic carbocycles. The minimum Gasteiger partial charge on any atom is -0.445 e. The Morgan fingerprint density at radius 1 is 1.10 bits per heavy atom. The van der Waals surface area contributed by atoms with Gasteiger partial charge in [-0.2, -0.15) is 0 Å². The lowest BCUT2D eigenvalue weighted by molar-refractivity contribution is -0.136. The van der Waals surface area contributed by atoms with Gasteiger partial charge < -0.3 is 19.2 Å². The van der Waals surface area contributed by atoms with Crippen molar-refractivity contribution in [3.63, 3.8) is 0 Å². The van der Waals surface area contributed by atoms with E-state index in [-0.39, 0.29) is 12.4 Å². The number of unbranched alkanes of at least 4 members (excludes halogenated alkanes) is 1. The number of benzene rings is 2. The SMILES string of the molecule is CCCC[C@@H](NC(=O)OCc1ccccc1)C(=O)Oc1ccc2c(C)cc(=O)oc2c1. The van der Waals surface area contributed by atoms with Crippen molar-refractivity contribution in [2.45, 2.75) is 45.8 Å². The lowest BCUT2D eigenvalue weighted by Crippen LogP contribution is -2.43. The van der Waals surface area contributed by atoms with Crippen LogP contribution in [0.1, 0.15) is 37.3 Å². The molecule has 3 rings (SSSR count). The van der Waals surface area contributed by atoms with Gasteiger partial charge in [0.1, 0.15) is 24.0 Å². The van der Waals surface area contributed by atoms with Crippen LogP contribution in [0.4, 0.5) is 4.79 Å². The number of amides is 1. The van der Waals surface area contributed by atoms with E-state index in [1.54, 1.807) is 19.1 Å². The fourth-order valence-electron chi connectivity index (χ4n) is 3.12. The summed E-state index contributed by atoms with van der Waals surface area (Å²) >= 11 is 0. The van der Waals surface area contributed by atoms with Crippen LogP contribution in [0.5, 0.6) is 5.75 Å². The number of fused-ring (bicyclic) bond motifs is 1. The van der Waals surface area contributed by atoms with Gasteiger partial charge in [-0.25, -0.2) is 14.4 Å². The molecule has 1 aromatic heterocycles. The van der Waals surface area contributed by atoms with Crippen LogP contribution in [-0.2, 0) is 16.1 Å². The maximum absolute atomic E-state index is 12.7. The van der Waals surface area contributed by atoms with E-state index >= 15 is 0 Å². The van der Waals surface area contributed by atoms with Crippen molar-refractivity contribution in [2.75, 3.05) is 0 Å². The van der Waals surface area contributed by atoms with Crippen LogP contribution in [0.3, 0.4) is 0 Å². The fourth-order valence-corrected chi connectivity index (χ4v) is 3.12. The molecule has 0 saturated heterocycles. The first-order valence-electron chi connectivity index (χ1n) is 10.2. The highest BCUT2D eigenvalue weighted by molar-refractivity contribution is 5.85. The van der Waals surface area contributed by atoms with Gasteiger partial charge in [-0.15, -0.1) is 0 Å². The van der Waals surface area contributed by atoms with E-state index in [0.29, 0.717) is 12.0 Å². The lowest BCUT2D eigenvalue weighted by Gasteiger charge is -2.17. The molecular formula is C24H25NO6. The van der Waals surface area contributed by atoms with Crippen LogP contribution >= 0.6 is 0 Å². The molecule has 1 N–H and O–H groups in total. The molecule has 3 aromatic rings. The molecule has 0 radical (unpaired) electrons. The van der Waals surface area contributed by atoms with Crippen molar-refractivity contribution < 1.29 is 23.5 Å². The zero-order valence-corrected chi connectivity index (χ0v) is 17.6. The van der Waals surface area contributed by atoms with Gasteiger partial charge in [0.2, 0.25) is 0 Å². The Kier molecular flexibility index (Phi) is 7.43. The van der Waals surface area contributed by atoms with E-state index in [2.05, 4.69) is 5.32 Å². The Bertz CT molecular complexity index is 1110. The second kappa shape index (κ2) is 10.4. The van der Waals surface area contributed by atoms with Crippen LogP contribution < -0.4 is 15.7 Å². The number of ether oxygens (including phenoxy) is 2. The lowest BCUT2D eigenvalue weighted by atomic mass is 10.1. The molecule has 1 heterocycles. The summed E-state index contributed by atoms with van der Waals surface area (Å²) in [6.07, 6.45) is 1.30. The average molecular weight is 423 g/mol. The van der Waals surface area contributed by atoms with E-state index in [1.165, 1.54) is 12.1 Å². The van der Waals surface area contributed by atoms with Crippen LogP contribution in [0.15, 0.2) is 63.8 Å². The van der Waals surface area contributed by atoms with Gasteiger partial charge in [0.05, 0.1) is 0 Å². The third kappa shape index (κ3) is 6.18. The molecule has 31 heavy (non-hydrogen) atoms. The predicted molar refractivity (Wildman–Crippen MR) is 116 cm³/mol. The second-order valence-corrected chi connectivity index (χ2v) is 7.23. The molecule has 7 heteroatoms. The standard InChI is InChI=1S/C24H25NO6/c1-3-4-10-20(25-24(28)29-15-17-8-6-5-7-9-17)23(27)30-18-11-12-19-16(2)13-22(26)31-21(19)14-18/h5-9,11-14,20H,3-4,10,15H2,1-2H3,(H,25,28)/t20-/m1/s1. The highest BCUT2D eigenvalue weighted by Gasteiger charge is 2.23. The highest BCUT2D eigenvalue weighted by Crippen LogP contribution is 2.22. The molecule has 0 spiro atoms. The van der Waals surface area contributed by atoms with Crippen LogP contribution in [0.25, 0.3) is 11.0 Å². The molecule has 1 amide bonds. The Balaban J connectivity index is 1.66. The van der Waals surface area contributed by atoms with Crippen molar-refractivity contribution in [3.8, 4) is 5.75 Å². The normalized spacial score (nSPS) is 11.7. The predicted octanol–water partition coefficient (Wildman–Crippen LogP) is 4.49. The van der Waals surface area contributed by atoms with E-state index in [9.17, 15) is 14.4 Å². The number of hydrogen-bond donors (Lipinski definition) is 1. The van der Waals surface area contributed by atoms with Crippen molar-refractivity contribution in [1.29, 1.82) is 0 Å². The topological polar surface area (TPSA) is 94.8 Å². The van der Waals surface area contributed by atoms with Gasteiger partial charge in [0, 0.05) is 17.5 Å². The first kappa shape index (κ1) is 22.1. The summed E-state index contributed by atoms with van der Waals surface area (Å²) in [5, 5.41) is 3.34. The number of alkyl carbamates (subject to hydrolysis) is 1. The molecule has 0 fully saturated rings. The molecule has 0 unspecified atom stereocenters. The van der Waals surface area contributed by atoms with Gasteiger partial charge in [-0.3, -0.25) is 0 Å². The number of hydrogen-bond acceptors (Lipinski definition) is 6. The number of aryl methyl sites for hydroxylation is 1. The summed E-state index contributed by atoms with van der Waals surface area (Å²) in [6, 6.07) is 14.6. The minimum absolute atomic E-state index is 0.102. The molecule has 0 saturated carbocycles. The fraction of sp³-hybridized carbons (Fsp3) is 0.292. The minimum atomic E-state index is -0.858. The van der Waals surface area contributed by atoms with E-state index in [0.717, 1.165) is 29.4 Å². The van der Waals surface area contributed by atoms with Gasteiger partial charge >= 0.3 is 17.7 Å². The quantitative estimate of drug-likeness (QED) is 0.326. The third-order valence-electron chi connectivity index (χ3n) is 4.78. The molecule has 0 aliphatic rings. The molecule has 162 valence electrons. The first-order chi connectivity index (χ1) is 15.0. The molecular weight excluding hydrogens is 398 g/mol. The first-order valence-corrected chi connectivity index (χ1v) is 10.2. The summed E-state index contributed by atoms with van der Waals surface area (Å²) in [5.74, 6) is -0.383. The largest absolute Gasteiger partial charge is 0.445 e. The van der Waals surface area contributed by atoms with E-state index < -0.39 is 23.7 Å². The van der Waals surface area contributed by atoms with Crippen molar-refractivity contribution >= 4 is 23.0 Å². The number of rotatable bonds is 8. The zero-order valence-electron chi connectivity index (χ0n) is 17.6. The van der Waals surface area contributed by atoms with Crippen LogP contribution in [0.2, 0.25) is 0 Å². The van der Waals surface area contributed by atoms with Crippen molar-refractivity contribution in [3.05, 3.63) is 76.1 Å². The van der Waals surface area contributed by atoms with Gasteiger partial charge in [-0.1, -0.05) is 50.1 Å². The van der Waals surface area contributed by atoms with Gasteiger partial charge in [0.15, 0.2) is 0 Å². The second-order valence-electron chi connectivity index (χ2n) is 7.23. The summed E-state index contributed by atoms with van der Waals surface area (Å²) < 4.78 is 15.9. The molecule has 0 bridgehead atoms. The summed E-state index contributed by atoms with van der Waals surface area (Å²) in [7, 11) is 0. The highest BCUT2D eigenvalue weighted by atomic mass is 16.6. The summed E-state index contributed by atoms with van der Waals surface area (Å²) in [4.78, 5) is 36.5. The molecule has 0 aliphatic heterocycles. The van der Waals surface area contributed by atoms with Crippen LogP contribution in [-0.4, -0.2) is 18.1 Å². The molecule has 0 aliphatic carbocycles. The van der Waals surface area contributed by atoms with Gasteiger partial charge in [-0.05, 0) is 36.6 Å². The third-order valence-corrected chi connectivity index (χ3v) is 4.78. The number of carbonyl (C=O) groups is 2. The average Bonchev–Trinajstić information content (AvgIpc) is 2.75. The smallest absolute Gasteiger partial charge is 0.408 e. The summed E-state index contributed by atoms with van der Waals surface area (Å²) in [5.41, 5.74) is 1.47. The maximum Gasteiger partial charge on any atom is 0.408 e. The Labute approximate surface area is 180 Å². The van der Waals surface area contributed by atoms with Crippen LogP contribution in [0, 0.1) is 6.92 Å². The monoisotopic (exact) mass is 423 g/mol. The van der Waals surface area contributed by atoms with Crippen molar-refractivity contribution in [2.24, 2.45) is 0 Å². The Hall–Kier alpha value is -3.61. The number of esters is 1. The Morgan fingerprint density at radius 3 is 2.61 bits per heavy atom. The maximum atomic E-state index is 12.7. The molecule has 7 nitrogen and oxygen atoms in total. The molecule has 1 atom stereocenters. The van der Waals surface area contributed by atoms with Gasteiger partial charge in [0.25, 0.3) is 0 Å². The van der Waals surface area contributed by atoms with E-state index in [1.807, 2.05) is 37.3 Å². The Morgan fingerprint density at radius 2 is 1.87 bits per heavy atom. The number of nitrogens with one attached hydrogen (secondary N) is 1. The van der Waals surface area contributed by atoms with E-state index in [4.69, 9.17) is 13.9 Å².